The average Bonchev–Trinajstić information content (AvgIpc) is 2.69. The van der Waals surface area contributed by atoms with Crippen molar-refractivity contribution in [3.8, 4) is 6.07 Å². The van der Waals surface area contributed by atoms with Gasteiger partial charge in [-0.25, -0.2) is 0 Å². The van der Waals surface area contributed by atoms with Gasteiger partial charge in [0, 0.05) is 12.8 Å². The molecule has 2 aliphatic rings. The van der Waals surface area contributed by atoms with Crippen LogP contribution in [0.4, 0.5) is 0 Å². The number of hydrogen-bond donors (Lipinski definition) is 1. The number of nitriles is 1. The highest BCUT2D eigenvalue weighted by Crippen LogP contribution is 2.44. The summed E-state index contributed by atoms with van der Waals surface area (Å²) in [5.74, 6) is 0. The third-order valence-electron chi connectivity index (χ3n) is 4.22. The van der Waals surface area contributed by atoms with Crippen LogP contribution in [0.15, 0.2) is 18.2 Å². The van der Waals surface area contributed by atoms with Crippen LogP contribution >= 0.6 is 0 Å². The van der Waals surface area contributed by atoms with Gasteiger partial charge in [-0.1, -0.05) is 12.1 Å². The largest absolute Gasteiger partial charge is 0.385 e. The first-order chi connectivity index (χ1) is 8.60. The zero-order valence-corrected chi connectivity index (χ0v) is 10.5. The molecular formula is C15H17NO2. The van der Waals surface area contributed by atoms with Crippen LogP contribution in [-0.2, 0) is 10.3 Å². The van der Waals surface area contributed by atoms with E-state index < -0.39 is 5.60 Å². The van der Waals surface area contributed by atoms with Gasteiger partial charge in [-0.05, 0) is 37.0 Å². The highest BCUT2D eigenvalue weighted by molar-refractivity contribution is 5.42. The van der Waals surface area contributed by atoms with E-state index in [1.165, 1.54) is 0 Å². The number of rotatable bonds is 1. The first kappa shape index (κ1) is 11.7. The Hall–Kier alpha value is -1.37. The average molecular weight is 243 g/mol. The van der Waals surface area contributed by atoms with E-state index >= 15 is 0 Å². The fraction of sp³-hybridized carbons (Fsp3) is 0.533. The summed E-state index contributed by atoms with van der Waals surface area (Å²) in [5.41, 5.74) is 1.66. The smallest absolute Gasteiger partial charge is 0.0994 e. The fourth-order valence-corrected chi connectivity index (χ4v) is 3.18. The number of hydrogen-bond acceptors (Lipinski definition) is 3. The van der Waals surface area contributed by atoms with Crippen LogP contribution in [0.5, 0.6) is 0 Å². The maximum absolute atomic E-state index is 10.8. The number of aryl methyl sites for hydroxylation is 1. The van der Waals surface area contributed by atoms with E-state index in [0.29, 0.717) is 18.4 Å². The van der Waals surface area contributed by atoms with Crippen LogP contribution in [0.1, 0.15) is 42.4 Å². The second-order valence-corrected chi connectivity index (χ2v) is 5.54. The molecule has 2 bridgehead atoms. The molecule has 3 nitrogen and oxygen atoms in total. The summed E-state index contributed by atoms with van der Waals surface area (Å²) in [6.45, 7) is 1.92. The minimum Gasteiger partial charge on any atom is -0.385 e. The van der Waals surface area contributed by atoms with Gasteiger partial charge in [0.15, 0.2) is 0 Å². The maximum Gasteiger partial charge on any atom is 0.0994 e. The molecule has 2 aliphatic heterocycles. The molecule has 1 N–H and O–H groups in total. The van der Waals surface area contributed by atoms with Gasteiger partial charge in [0.1, 0.15) is 0 Å². The van der Waals surface area contributed by atoms with Crippen LogP contribution in [0.2, 0.25) is 0 Å². The molecule has 2 saturated heterocycles. The zero-order chi connectivity index (χ0) is 12.8. The van der Waals surface area contributed by atoms with Crippen LogP contribution in [0, 0.1) is 18.3 Å². The van der Waals surface area contributed by atoms with Crippen LogP contribution in [0.3, 0.4) is 0 Å². The molecule has 0 aliphatic carbocycles. The third-order valence-corrected chi connectivity index (χ3v) is 4.22. The molecule has 0 aromatic heterocycles. The molecule has 94 valence electrons. The summed E-state index contributed by atoms with van der Waals surface area (Å²) in [7, 11) is 0. The molecule has 1 aromatic carbocycles. The highest BCUT2D eigenvalue weighted by Gasteiger charge is 2.44. The van der Waals surface area contributed by atoms with Gasteiger partial charge in [-0.3, -0.25) is 0 Å². The van der Waals surface area contributed by atoms with Crippen molar-refractivity contribution in [2.45, 2.75) is 50.4 Å². The number of nitrogens with zero attached hydrogens (tertiary/aromatic N) is 1. The number of fused-ring (bicyclic) bond motifs is 2. The lowest BCUT2D eigenvalue weighted by atomic mass is 9.82. The number of aliphatic hydroxyl groups is 1. The van der Waals surface area contributed by atoms with E-state index in [1.807, 2.05) is 25.1 Å². The van der Waals surface area contributed by atoms with Crippen molar-refractivity contribution in [1.29, 1.82) is 5.26 Å². The standard InChI is InChI=1S/C15H17NO2/c1-10-2-3-12(6-11(10)9-16)15(17)7-13-4-5-14(8-15)18-13/h2-3,6,13-14,17H,4-5,7-8H2,1H3. The van der Waals surface area contributed by atoms with E-state index in [2.05, 4.69) is 6.07 Å². The Labute approximate surface area is 107 Å². The third kappa shape index (κ3) is 1.82. The molecule has 0 amide bonds. The second-order valence-electron chi connectivity index (χ2n) is 5.54. The van der Waals surface area contributed by atoms with E-state index in [4.69, 9.17) is 10.00 Å². The molecule has 3 heteroatoms. The van der Waals surface area contributed by atoms with Crippen molar-refractivity contribution in [3.63, 3.8) is 0 Å². The molecule has 2 unspecified atom stereocenters. The molecule has 0 radical (unpaired) electrons. The Balaban J connectivity index is 1.97. The summed E-state index contributed by atoms with van der Waals surface area (Å²) in [4.78, 5) is 0. The molecule has 1 aromatic rings. The van der Waals surface area contributed by atoms with Crippen LogP contribution < -0.4 is 0 Å². The minimum atomic E-state index is -0.816. The van der Waals surface area contributed by atoms with E-state index in [1.54, 1.807) is 0 Å². The lowest BCUT2D eigenvalue weighted by Gasteiger charge is -2.37. The van der Waals surface area contributed by atoms with E-state index in [-0.39, 0.29) is 12.2 Å². The molecule has 0 saturated carbocycles. The topological polar surface area (TPSA) is 53.2 Å². The first-order valence-corrected chi connectivity index (χ1v) is 6.50. The van der Waals surface area contributed by atoms with Crippen molar-refractivity contribution in [2.75, 3.05) is 0 Å². The Bertz CT molecular complexity index is 506. The normalized spacial score (nSPS) is 34.3. The Morgan fingerprint density at radius 3 is 2.61 bits per heavy atom. The van der Waals surface area contributed by atoms with E-state index in [0.717, 1.165) is 24.0 Å². The van der Waals surface area contributed by atoms with Crippen molar-refractivity contribution in [2.24, 2.45) is 0 Å². The minimum absolute atomic E-state index is 0.181. The predicted octanol–water partition coefficient (Wildman–Crippen LogP) is 2.40. The molecule has 2 heterocycles. The van der Waals surface area contributed by atoms with E-state index in [9.17, 15) is 5.11 Å². The van der Waals surface area contributed by atoms with Crippen molar-refractivity contribution >= 4 is 0 Å². The molecular weight excluding hydrogens is 226 g/mol. The van der Waals surface area contributed by atoms with Crippen LogP contribution in [-0.4, -0.2) is 17.3 Å². The Kier molecular flexibility index (Phi) is 2.65. The summed E-state index contributed by atoms with van der Waals surface area (Å²) in [6, 6.07) is 7.89. The van der Waals surface area contributed by atoms with Crippen LogP contribution in [0.25, 0.3) is 0 Å². The van der Waals surface area contributed by atoms with Crippen molar-refractivity contribution in [3.05, 3.63) is 34.9 Å². The van der Waals surface area contributed by atoms with Gasteiger partial charge < -0.3 is 9.84 Å². The summed E-state index contributed by atoms with van der Waals surface area (Å²) >= 11 is 0. The SMILES string of the molecule is Cc1ccc(C2(O)CC3CCC(C2)O3)cc1C#N. The molecule has 3 rings (SSSR count). The predicted molar refractivity (Wildman–Crippen MR) is 66.9 cm³/mol. The van der Waals surface area contributed by atoms with Gasteiger partial charge >= 0.3 is 0 Å². The first-order valence-electron chi connectivity index (χ1n) is 6.50. The van der Waals surface area contributed by atoms with Gasteiger partial charge in [0.25, 0.3) is 0 Å². The van der Waals surface area contributed by atoms with Gasteiger partial charge in [0.2, 0.25) is 0 Å². The molecule has 18 heavy (non-hydrogen) atoms. The van der Waals surface area contributed by atoms with Gasteiger partial charge in [-0.2, -0.15) is 5.26 Å². The molecule has 0 spiro atoms. The maximum atomic E-state index is 10.8. The number of ether oxygens (including phenoxy) is 1. The second kappa shape index (κ2) is 4.08. The van der Waals surface area contributed by atoms with Crippen molar-refractivity contribution in [1.82, 2.24) is 0 Å². The summed E-state index contributed by atoms with van der Waals surface area (Å²) < 4.78 is 5.77. The lowest BCUT2D eigenvalue weighted by Crippen LogP contribution is -2.38. The fourth-order valence-electron chi connectivity index (χ4n) is 3.18. The highest BCUT2D eigenvalue weighted by atomic mass is 16.5. The summed E-state index contributed by atoms with van der Waals surface area (Å²) in [6.07, 6.45) is 3.75. The molecule has 2 fully saturated rings. The lowest BCUT2D eigenvalue weighted by molar-refractivity contribution is -0.115. The number of benzene rings is 1. The summed E-state index contributed by atoms with van der Waals surface area (Å²) in [5, 5.41) is 19.9. The van der Waals surface area contributed by atoms with Gasteiger partial charge in [0.05, 0.1) is 29.4 Å². The Morgan fingerprint density at radius 1 is 1.33 bits per heavy atom. The van der Waals surface area contributed by atoms with Gasteiger partial charge in [-0.15, -0.1) is 0 Å². The molecule has 2 atom stereocenters. The van der Waals surface area contributed by atoms with Crippen molar-refractivity contribution < 1.29 is 9.84 Å². The monoisotopic (exact) mass is 243 g/mol. The quantitative estimate of drug-likeness (QED) is 0.824. The Morgan fingerprint density at radius 2 is 2.00 bits per heavy atom. The zero-order valence-electron chi connectivity index (χ0n) is 10.5.